The van der Waals surface area contributed by atoms with Crippen molar-refractivity contribution < 1.29 is 13.2 Å². The van der Waals surface area contributed by atoms with Gasteiger partial charge in [0.05, 0.1) is 16.2 Å². The molecule has 0 aliphatic carbocycles. The molecule has 0 aliphatic heterocycles. The highest BCUT2D eigenvalue weighted by molar-refractivity contribution is 7.99. The van der Waals surface area contributed by atoms with Gasteiger partial charge in [0.2, 0.25) is 15.9 Å². The predicted octanol–water partition coefficient (Wildman–Crippen LogP) is 4.40. The Hall–Kier alpha value is -3.73. The Balaban J connectivity index is 1.23. The van der Waals surface area contributed by atoms with Crippen LogP contribution in [0.5, 0.6) is 0 Å². The predicted molar refractivity (Wildman–Crippen MR) is 141 cm³/mol. The standard InChI is InChI=1S/C26H23N5O3S2/c1-18-15-20-9-5-6-10-23(20)31-25(18)29-30-26(31)35-17-24(32)28-21-11-13-22(14-12-21)36(33,34)27-16-19-7-3-2-4-8-19/h2-15,27H,16-17H2,1H3,(H,28,32). The Bertz CT molecular complexity index is 1650. The molecule has 0 bridgehead atoms. The molecule has 10 heteroatoms. The minimum absolute atomic E-state index is 0.127. The van der Waals surface area contributed by atoms with Crippen LogP contribution in [0.15, 0.2) is 95.0 Å². The fourth-order valence-corrected chi connectivity index (χ4v) is 5.61. The van der Waals surface area contributed by atoms with Crippen molar-refractivity contribution in [1.29, 1.82) is 0 Å². The molecule has 36 heavy (non-hydrogen) atoms. The molecular weight excluding hydrogens is 494 g/mol. The van der Waals surface area contributed by atoms with Gasteiger partial charge in [-0.25, -0.2) is 13.1 Å². The van der Waals surface area contributed by atoms with E-state index in [2.05, 4.69) is 26.3 Å². The Morgan fingerprint density at radius 2 is 1.67 bits per heavy atom. The third kappa shape index (κ3) is 5.11. The Morgan fingerprint density at radius 1 is 0.944 bits per heavy atom. The lowest BCUT2D eigenvalue weighted by Crippen LogP contribution is -2.23. The maximum atomic E-state index is 12.6. The first-order valence-corrected chi connectivity index (χ1v) is 13.7. The van der Waals surface area contributed by atoms with E-state index in [-0.39, 0.29) is 23.1 Å². The van der Waals surface area contributed by atoms with Crippen LogP contribution in [0.2, 0.25) is 0 Å². The van der Waals surface area contributed by atoms with Crippen molar-refractivity contribution in [3.63, 3.8) is 0 Å². The number of para-hydroxylation sites is 1. The fraction of sp³-hybridized carbons (Fsp3) is 0.115. The van der Waals surface area contributed by atoms with Crippen LogP contribution in [-0.2, 0) is 21.4 Å². The number of anilines is 1. The minimum Gasteiger partial charge on any atom is -0.325 e. The van der Waals surface area contributed by atoms with E-state index in [0.29, 0.717) is 10.8 Å². The SMILES string of the molecule is Cc1cc2ccccc2n2c(SCC(=O)Nc3ccc(S(=O)(=O)NCc4ccccc4)cc3)nnc12. The minimum atomic E-state index is -3.67. The zero-order valence-corrected chi connectivity index (χ0v) is 21.0. The maximum absolute atomic E-state index is 12.6. The average molecular weight is 518 g/mol. The maximum Gasteiger partial charge on any atom is 0.240 e. The number of nitrogens with one attached hydrogen (secondary N) is 2. The van der Waals surface area contributed by atoms with Crippen LogP contribution < -0.4 is 10.0 Å². The molecule has 2 aromatic heterocycles. The van der Waals surface area contributed by atoms with Gasteiger partial charge in [-0.1, -0.05) is 60.3 Å². The number of pyridine rings is 1. The average Bonchev–Trinajstić information content (AvgIpc) is 3.32. The summed E-state index contributed by atoms with van der Waals surface area (Å²) in [5, 5.41) is 13.1. The van der Waals surface area contributed by atoms with Gasteiger partial charge in [0.15, 0.2) is 10.8 Å². The summed E-state index contributed by atoms with van der Waals surface area (Å²) >= 11 is 1.29. The van der Waals surface area contributed by atoms with E-state index in [1.54, 1.807) is 12.1 Å². The van der Waals surface area contributed by atoms with Gasteiger partial charge < -0.3 is 5.32 Å². The molecule has 0 atom stereocenters. The molecule has 8 nitrogen and oxygen atoms in total. The summed E-state index contributed by atoms with van der Waals surface area (Å²) in [4.78, 5) is 12.7. The number of nitrogens with zero attached hydrogens (tertiary/aromatic N) is 3. The quantitative estimate of drug-likeness (QED) is 0.296. The van der Waals surface area contributed by atoms with Crippen LogP contribution in [0.4, 0.5) is 5.69 Å². The Morgan fingerprint density at radius 3 is 2.44 bits per heavy atom. The van der Waals surface area contributed by atoms with Crippen LogP contribution in [0.1, 0.15) is 11.1 Å². The largest absolute Gasteiger partial charge is 0.325 e. The molecule has 3 aromatic carbocycles. The van der Waals surface area contributed by atoms with E-state index in [0.717, 1.165) is 27.7 Å². The second-order valence-electron chi connectivity index (χ2n) is 8.20. The lowest BCUT2D eigenvalue weighted by molar-refractivity contribution is -0.113. The van der Waals surface area contributed by atoms with Crippen LogP contribution in [-0.4, -0.2) is 34.7 Å². The topological polar surface area (TPSA) is 105 Å². The number of aromatic nitrogens is 3. The van der Waals surface area contributed by atoms with Gasteiger partial charge in [0, 0.05) is 12.2 Å². The van der Waals surface area contributed by atoms with Gasteiger partial charge >= 0.3 is 0 Å². The van der Waals surface area contributed by atoms with E-state index in [4.69, 9.17) is 0 Å². The van der Waals surface area contributed by atoms with Crippen molar-refractivity contribution in [2.75, 3.05) is 11.1 Å². The zero-order chi connectivity index (χ0) is 25.1. The normalized spacial score (nSPS) is 11.7. The number of sulfonamides is 1. The van der Waals surface area contributed by atoms with Crippen LogP contribution in [0, 0.1) is 6.92 Å². The number of thioether (sulfide) groups is 1. The molecule has 0 saturated heterocycles. The summed E-state index contributed by atoms with van der Waals surface area (Å²) in [6.45, 7) is 2.18. The van der Waals surface area contributed by atoms with E-state index >= 15 is 0 Å². The monoisotopic (exact) mass is 517 g/mol. The Kier molecular flexibility index (Phi) is 6.73. The number of amides is 1. The van der Waals surface area contributed by atoms with Gasteiger partial charge in [0.1, 0.15) is 0 Å². The number of hydrogen-bond donors (Lipinski definition) is 2. The summed E-state index contributed by atoms with van der Waals surface area (Å²) in [6.07, 6.45) is 0. The summed E-state index contributed by atoms with van der Waals surface area (Å²) in [5.41, 5.74) is 4.12. The number of benzene rings is 3. The van der Waals surface area contributed by atoms with Crippen molar-refractivity contribution in [3.05, 3.63) is 96.1 Å². The molecule has 182 valence electrons. The molecule has 5 rings (SSSR count). The first kappa shape index (κ1) is 24.0. The summed E-state index contributed by atoms with van der Waals surface area (Å²) in [5.74, 6) is -0.103. The molecule has 0 fully saturated rings. The smallest absolute Gasteiger partial charge is 0.240 e. The molecule has 0 aliphatic rings. The lowest BCUT2D eigenvalue weighted by Gasteiger charge is -2.09. The third-order valence-electron chi connectivity index (χ3n) is 5.63. The van der Waals surface area contributed by atoms with E-state index in [1.807, 2.05) is 65.9 Å². The van der Waals surface area contributed by atoms with Gasteiger partial charge in [-0.05, 0) is 59.8 Å². The van der Waals surface area contributed by atoms with Crippen LogP contribution >= 0.6 is 11.8 Å². The van der Waals surface area contributed by atoms with Gasteiger partial charge in [0.25, 0.3) is 0 Å². The van der Waals surface area contributed by atoms with Gasteiger partial charge in [-0.15, -0.1) is 10.2 Å². The zero-order valence-electron chi connectivity index (χ0n) is 19.4. The highest BCUT2D eigenvalue weighted by Gasteiger charge is 2.16. The molecule has 0 saturated carbocycles. The number of hydrogen-bond acceptors (Lipinski definition) is 6. The highest BCUT2D eigenvalue weighted by atomic mass is 32.2. The number of carbonyl (C=O) groups is 1. The van der Waals surface area contributed by atoms with Crippen molar-refractivity contribution in [2.24, 2.45) is 0 Å². The number of fused-ring (bicyclic) bond motifs is 3. The van der Waals surface area contributed by atoms with E-state index in [9.17, 15) is 13.2 Å². The van der Waals surface area contributed by atoms with Gasteiger partial charge in [-0.2, -0.15) is 0 Å². The van der Waals surface area contributed by atoms with Crippen molar-refractivity contribution in [3.8, 4) is 0 Å². The first-order valence-electron chi connectivity index (χ1n) is 11.2. The molecule has 0 spiro atoms. The number of rotatable bonds is 8. The highest BCUT2D eigenvalue weighted by Crippen LogP contribution is 2.25. The summed E-state index contributed by atoms with van der Waals surface area (Å²) in [6, 6.07) is 25.4. The fourth-order valence-electron chi connectivity index (χ4n) is 3.85. The third-order valence-corrected chi connectivity index (χ3v) is 7.97. The van der Waals surface area contributed by atoms with Crippen LogP contribution in [0.3, 0.4) is 0 Å². The molecule has 1 amide bonds. The van der Waals surface area contributed by atoms with Gasteiger partial charge in [-0.3, -0.25) is 9.20 Å². The van der Waals surface area contributed by atoms with Crippen molar-refractivity contribution in [1.82, 2.24) is 19.3 Å². The second-order valence-corrected chi connectivity index (χ2v) is 10.9. The molecule has 2 heterocycles. The molecule has 0 unspecified atom stereocenters. The van der Waals surface area contributed by atoms with E-state index in [1.165, 1.54) is 23.9 Å². The number of aryl methyl sites for hydroxylation is 1. The number of carbonyl (C=O) groups excluding carboxylic acids is 1. The van der Waals surface area contributed by atoms with Crippen molar-refractivity contribution in [2.45, 2.75) is 23.5 Å². The molecular formula is C26H23N5O3S2. The molecule has 2 N–H and O–H groups in total. The molecule has 5 aromatic rings. The summed E-state index contributed by atoms with van der Waals surface area (Å²) in [7, 11) is -3.67. The van der Waals surface area contributed by atoms with E-state index < -0.39 is 10.0 Å². The molecule has 0 radical (unpaired) electrons. The lowest BCUT2D eigenvalue weighted by atomic mass is 10.1. The van der Waals surface area contributed by atoms with Crippen molar-refractivity contribution >= 4 is 49.9 Å². The first-order chi connectivity index (χ1) is 17.4. The second kappa shape index (κ2) is 10.1. The Labute approximate surface area is 212 Å². The summed E-state index contributed by atoms with van der Waals surface area (Å²) < 4.78 is 29.7. The van der Waals surface area contributed by atoms with Crippen LogP contribution in [0.25, 0.3) is 16.6 Å².